The lowest BCUT2D eigenvalue weighted by atomic mass is 10.3. The molecule has 7 heteroatoms. The van der Waals surface area contributed by atoms with Crippen LogP contribution in [0, 0.1) is 3.57 Å². The molecule has 0 saturated heterocycles. The molecule has 2 N–H and O–H groups in total. The quantitative estimate of drug-likeness (QED) is 0.652. The molecular formula is C9H15ClIN3O2. The van der Waals surface area contributed by atoms with Crippen molar-refractivity contribution in [3.63, 3.8) is 0 Å². The summed E-state index contributed by atoms with van der Waals surface area (Å²) < 4.78 is 7.32. The Labute approximate surface area is 114 Å². The standard InChI is InChI=1S/C9H14IN3O2.ClH/c1-3-15-9(14)8-7(10)4-12-13(8)5-6(2)11;/h4,6H,3,5,11H2,1-2H3;1H/t6-;/m1./s1. The average molecular weight is 360 g/mol. The third-order valence-electron chi connectivity index (χ3n) is 1.72. The van der Waals surface area contributed by atoms with E-state index in [0.29, 0.717) is 18.8 Å². The summed E-state index contributed by atoms with van der Waals surface area (Å²) in [7, 11) is 0. The fourth-order valence-electron chi connectivity index (χ4n) is 1.18. The molecule has 0 unspecified atom stereocenters. The Balaban J connectivity index is 0.00000225. The molecule has 5 nitrogen and oxygen atoms in total. The lowest BCUT2D eigenvalue weighted by Gasteiger charge is -2.09. The Hall–Kier alpha value is -0.340. The fraction of sp³-hybridized carbons (Fsp3) is 0.556. The first kappa shape index (κ1) is 15.7. The van der Waals surface area contributed by atoms with Crippen LogP contribution < -0.4 is 5.73 Å². The second-order valence-corrected chi connectivity index (χ2v) is 4.38. The highest BCUT2D eigenvalue weighted by Crippen LogP contribution is 2.13. The van der Waals surface area contributed by atoms with E-state index in [2.05, 4.69) is 27.7 Å². The molecule has 1 rings (SSSR count). The summed E-state index contributed by atoms with van der Waals surface area (Å²) in [5, 5.41) is 4.09. The van der Waals surface area contributed by atoms with Gasteiger partial charge in [0.1, 0.15) is 0 Å². The van der Waals surface area contributed by atoms with Gasteiger partial charge in [-0.2, -0.15) is 5.10 Å². The topological polar surface area (TPSA) is 70.1 Å². The van der Waals surface area contributed by atoms with Crippen molar-refractivity contribution in [1.82, 2.24) is 9.78 Å². The first-order chi connectivity index (χ1) is 7.06. The van der Waals surface area contributed by atoms with Crippen molar-refractivity contribution in [1.29, 1.82) is 0 Å². The van der Waals surface area contributed by atoms with Gasteiger partial charge >= 0.3 is 5.97 Å². The number of rotatable bonds is 4. The van der Waals surface area contributed by atoms with E-state index in [0.717, 1.165) is 3.57 Å². The predicted octanol–water partition coefficient (Wildman–Crippen LogP) is 1.43. The zero-order valence-corrected chi connectivity index (χ0v) is 12.1. The molecule has 16 heavy (non-hydrogen) atoms. The highest BCUT2D eigenvalue weighted by atomic mass is 127. The van der Waals surface area contributed by atoms with Gasteiger partial charge in [-0.05, 0) is 36.4 Å². The molecular weight excluding hydrogens is 344 g/mol. The van der Waals surface area contributed by atoms with E-state index in [1.165, 1.54) is 0 Å². The van der Waals surface area contributed by atoms with Gasteiger partial charge in [-0.3, -0.25) is 4.68 Å². The molecule has 92 valence electrons. The van der Waals surface area contributed by atoms with Gasteiger partial charge in [0.05, 0.1) is 22.9 Å². The first-order valence-corrected chi connectivity index (χ1v) is 5.78. The van der Waals surface area contributed by atoms with Gasteiger partial charge in [-0.25, -0.2) is 4.79 Å². The number of nitrogens with zero attached hydrogens (tertiary/aromatic N) is 2. The SMILES string of the molecule is CCOC(=O)c1c(I)cnn1C[C@@H](C)N.Cl. The molecule has 1 heterocycles. The molecule has 0 fully saturated rings. The molecule has 1 aromatic rings. The second kappa shape index (κ2) is 7.08. The van der Waals surface area contributed by atoms with Gasteiger partial charge in [-0.1, -0.05) is 0 Å². The van der Waals surface area contributed by atoms with E-state index >= 15 is 0 Å². The van der Waals surface area contributed by atoms with Crippen molar-refractivity contribution in [2.45, 2.75) is 26.4 Å². The molecule has 0 aliphatic heterocycles. The van der Waals surface area contributed by atoms with Crippen LogP contribution in [0.1, 0.15) is 24.3 Å². The van der Waals surface area contributed by atoms with E-state index in [9.17, 15) is 4.79 Å². The fourth-order valence-corrected chi connectivity index (χ4v) is 1.80. The van der Waals surface area contributed by atoms with Gasteiger partial charge in [0.25, 0.3) is 0 Å². The van der Waals surface area contributed by atoms with Crippen LogP contribution in [0.25, 0.3) is 0 Å². The maximum absolute atomic E-state index is 11.6. The zero-order chi connectivity index (χ0) is 11.4. The van der Waals surface area contributed by atoms with E-state index < -0.39 is 0 Å². The number of nitrogens with two attached hydrogens (primary N) is 1. The number of carbonyl (C=O) groups excluding carboxylic acids is 1. The summed E-state index contributed by atoms with van der Waals surface area (Å²) in [4.78, 5) is 11.6. The van der Waals surface area contributed by atoms with E-state index in [-0.39, 0.29) is 24.4 Å². The molecule has 0 bridgehead atoms. The minimum absolute atomic E-state index is 0. The molecule has 0 aliphatic carbocycles. The Bertz CT molecular complexity index is 355. The molecule has 0 radical (unpaired) electrons. The Kier molecular flexibility index (Phi) is 6.93. The predicted molar refractivity (Wildman–Crippen MR) is 71.8 cm³/mol. The average Bonchev–Trinajstić information content (AvgIpc) is 2.46. The third kappa shape index (κ3) is 3.91. The van der Waals surface area contributed by atoms with Crippen molar-refractivity contribution in [2.24, 2.45) is 5.73 Å². The van der Waals surface area contributed by atoms with Gasteiger partial charge in [-0.15, -0.1) is 12.4 Å². The van der Waals surface area contributed by atoms with E-state index in [1.54, 1.807) is 17.8 Å². The minimum atomic E-state index is -0.347. The largest absolute Gasteiger partial charge is 0.461 e. The smallest absolute Gasteiger partial charge is 0.357 e. The highest BCUT2D eigenvalue weighted by Gasteiger charge is 2.18. The van der Waals surface area contributed by atoms with Crippen LogP contribution in [0.5, 0.6) is 0 Å². The molecule has 0 spiro atoms. The van der Waals surface area contributed by atoms with Crippen molar-refractivity contribution >= 4 is 41.0 Å². The first-order valence-electron chi connectivity index (χ1n) is 4.70. The number of carbonyl (C=O) groups is 1. The summed E-state index contributed by atoms with van der Waals surface area (Å²) in [5.41, 5.74) is 6.14. The number of ether oxygens (including phenoxy) is 1. The molecule has 1 aromatic heterocycles. The highest BCUT2D eigenvalue weighted by molar-refractivity contribution is 14.1. The van der Waals surface area contributed by atoms with Crippen LogP contribution in [0.4, 0.5) is 0 Å². The van der Waals surface area contributed by atoms with Crippen LogP contribution in [0.15, 0.2) is 6.20 Å². The number of hydrogen-bond acceptors (Lipinski definition) is 4. The molecule has 0 saturated carbocycles. The zero-order valence-electron chi connectivity index (χ0n) is 9.14. The van der Waals surface area contributed by atoms with Crippen LogP contribution >= 0.6 is 35.0 Å². The van der Waals surface area contributed by atoms with Gasteiger partial charge in [0, 0.05) is 6.04 Å². The van der Waals surface area contributed by atoms with E-state index in [4.69, 9.17) is 10.5 Å². The summed E-state index contributed by atoms with van der Waals surface area (Å²) in [6, 6.07) is -0.0473. The normalized spacial score (nSPS) is 11.8. The van der Waals surface area contributed by atoms with Crippen LogP contribution in [-0.4, -0.2) is 28.4 Å². The maximum atomic E-state index is 11.6. The van der Waals surface area contributed by atoms with Crippen LogP contribution in [0.3, 0.4) is 0 Å². The molecule has 1 atom stereocenters. The number of aromatic nitrogens is 2. The molecule has 0 amide bonds. The van der Waals surface area contributed by atoms with E-state index in [1.807, 2.05) is 6.92 Å². The minimum Gasteiger partial charge on any atom is -0.461 e. The van der Waals surface area contributed by atoms with Crippen molar-refractivity contribution < 1.29 is 9.53 Å². The van der Waals surface area contributed by atoms with Crippen molar-refractivity contribution in [2.75, 3.05) is 6.61 Å². The summed E-state index contributed by atoms with van der Waals surface area (Å²) in [6.07, 6.45) is 1.63. The lowest BCUT2D eigenvalue weighted by molar-refractivity contribution is 0.0510. The van der Waals surface area contributed by atoms with Gasteiger partial charge in [0.15, 0.2) is 5.69 Å². The van der Waals surface area contributed by atoms with Crippen LogP contribution in [0.2, 0.25) is 0 Å². The third-order valence-corrected chi connectivity index (χ3v) is 2.51. The number of halogens is 2. The van der Waals surface area contributed by atoms with Crippen molar-refractivity contribution in [3.8, 4) is 0 Å². The Morgan fingerprint density at radius 3 is 2.88 bits per heavy atom. The molecule has 0 aliphatic rings. The Morgan fingerprint density at radius 1 is 1.75 bits per heavy atom. The monoisotopic (exact) mass is 359 g/mol. The number of esters is 1. The van der Waals surface area contributed by atoms with Gasteiger partial charge < -0.3 is 10.5 Å². The summed E-state index contributed by atoms with van der Waals surface area (Å²) in [5.74, 6) is -0.347. The number of hydrogen-bond donors (Lipinski definition) is 1. The Morgan fingerprint density at radius 2 is 2.38 bits per heavy atom. The molecule has 0 aromatic carbocycles. The second-order valence-electron chi connectivity index (χ2n) is 3.22. The van der Waals surface area contributed by atoms with Crippen molar-refractivity contribution in [3.05, 3.63) is 15.5 Å². The van der Waals surface area contributed by atoms with Gasteiger partial charge in [0.2, 0.25) is 0 Å². The maximum Gasteiger partial charge on any atom is 0.357 e. The summed E-state index contributed by atoms with van der Waals surface area (Å²) >= 11 is 2.06. The summed E-state index contributed by atoms with van der Waals surface area (Å²) in [6.45, 7) is 4.51. The lowest BCUT2D eigenvalue weighted by Crippen LogP contribution is -2.25. The van der Waals surface area contributed by atoms with Crippen LogP contribution in [-0.2, 0) is 11.3 Å².